The van der Waals surface area contributed by atoms with Crippen LogP contribution in [0.15, 0.2) is 18.2 Å². The van der Waals surface area contributed by atoms with Crippen molar-refractivity contribution in [3.63, 3.8) is 0 Å². The summed E-state index contributed by atoms with van der Waals surface area (Å²) in [6.07, 6.45) is 3.36. The first kappa shape index (κ1) is 9.66. The van der Waals surface area contributed by atoms with Crippen LogP contribution in [0.5, 0.6) is 0 Å². The molecular weight excluding hydrogens is 177 g/mol. The van der Waals surface area contributed by atoms with E-state index in [2.05, 4.69) is 12.2 Å². The van der Waals surface area contributed by atoms with Gasteiger partial charge in [0.15, 0.2) is 0 Å². The summed E-state index contributed by atoms with van der Waals surface area (Å²) in [6, 6.07) is 5.61. The van der Waals surface area contributed by atoms with E-state index < -0.39 is 0 Å². The number of halogens is 1. The van der Waals surface area contributed by atoms with Gasteiger partial charge in [0.2, 0.25) is 0 Å². The Morgan fingerprint density at radius 3 is 3.14 bits per heavy atom. The normalized spacial score (nSPS) is 20.6. The van der Waals surface area contributed by atoms with E-state index in [0.717, 1.165) is 19.4 Å². The number of hydrogen-bond donors (Lipinski definition) is 1. The number of fused-ring (bicyclic) bond motifs is 1. The third-order valence-electron chi connectivity index (χ3n) is 2.87. The van der Waals surface area contributed by atoms with Gasteiger partial charge in [-0.1, -0.05) is 13.0 Å². The minimum absolute atomic E-state index is 0.110. The third kappa shape index (κ3) is 1.80. The fourth-order valence-corrected chi connectivity index (χ4v) is 2.24. The van der Waals surface area contributed by atoms with Crippen LogP contribution in [-0.4, -0.2) is 6.54 Å². The molecule has 0 amide bonds. The Labute approximate surface area is 84.3 Å². The van der Waals surface area contributed by atoms with Crippen molar-refractivity contribution in [3.05, 3.63) is 35.1 Å². The first-order chi connectivity index (χ1) is 6.81. The SMILES string of the molecule is CCN[C@@H]1CCCc2cc(F)ccc21. The van der Waals surface area contributed by atoms with Crippen LogP contribution in [0.1, 0.15) is 36.9 Å². The van der Waals surface area contributed by atoms with Gasteiger partial charge in [-0.2, -0.15) is 0 Å². The van der Waals surface area contributed by atoms with Crippen molar-refractivity contribution in [1.29, 1.82) is 0 Å². The summed E-state index contributed by atoms with van der Waals surface area (Å²) in [5, 5.41) is 3.44. The second-order valence-corrected chi connectivity index (χ2v) is 3.85. The fraction of sp³-hybridized carbons (Fsp3) is 0.500. The van der Waals surface area contributed by atoms with Gasteiger partial charge in [0, 0.05) is 6.04 Å². The van der Waals surface area contributed by atoms with E-state index in [9.17, 15) is 4.39 Å². The molecule has 0 heterocycles. The maximum atomic E-state index is 13.0. The van der Waals surface area contributed by atoms with Crippen molar-refractivity contribution in [1.82, 2.24) is 5.32 Å². The minimum atomic E-state index is -0.110. The average Bonchev–Trinajstić information content (AvgIpc) is 2.18. The molecule has 0 aliphatic heterocycles. The first-order valence-electron chi connectivity index (χ1n) is 5.33. The highest BCUT2D eigenvalue weighted by Gasteiger charge is 2.19. The largest absolute Gasteiger partial charge is 0.310 e. The van der Waals surface area contributed by atoms with Crippen molar-refractivity contribution >= 4 is 0 Å². The van der Waals surface area contributed by atoms with Crippen molar-refractivity contribution in [2.24, 2.45) is 0 Å². The van der Waals surface area contributed by atoms with Gasteiger partial charge in [0.05, 0.1) is 0 Å². The zero-order chi connectivity index (χ0) is 9.97. The van der Waals surface area contributed by atoms with Crippen LogP contribution in [0.25, 0.3) is 0 Å². The minimum Gasteiger partial charge on any atom is -0.310 e. The van der Waals surface area contributed by atoms with E-state index in [1.807, 2.05) is 6.07 Å². The molecule has 0 unspecified atom stereocenters. The van der Waals surface area contributed by atoms with E-state index in [4.69, 9.17) is 0 Å². The second-order valence-electron chi connectivity index (χ2n) is 3.85. The molecule has 0 spiro atoms. The summed E-state index contributed by atoms with van der Waals surface area (Å²) in [5.41, 5.74) is 2.47. The van der Waals surface area contributed by atoms with Gasteiger partial charge in [0.25, 0.3) is 0 Å². The van der Waals surface area contributed by atoms with Gasteiger partial charge >= 0.3 is 0 Å². The second kappa shape index (κ2) is 4.09. The highest BCUT2D eigenvalue weighted by molar-refractivity contribution is 5.32. The van der Waals surface area contributed by atoms with Crippen molar-refractivity contribution in [3.8, 4) is 0 Å². The Hall–Kier alpha value is -0.890. The molecule has 1 aromatic carbocycles. The number of aryl methyl sites for hydroxylation is 1. The Kier molecular flexibility index (Phi) is 2.82. The van der Waals surface area contributed by atoms with Crippen molar-refractivity contribution < 1.29 is 4.39 Å². The van der Waals surface area contributed by atoms with E-state index in [0.29, 0.717) is 6.04 Å². The third-order valence-corrected chi connectivity index (χ3v) is 2.87. The highest BCUT2D eigenvalue weighted by atomic mass is 19.1. The molecule has 14 heavy (non-hydrogen) atoms. The molecule has 1 atom stereocenters. The van der Waals surface area contributed by atoms with Gasteiger partial charge in [-0.25, -0.2) is 4.39 Å². The first-order valence-corrected chi connectivity index (χ1v) is 5.33. The lowest BCUT2D eigenvalue weighted by Gasteiger charge is -2.26. The van der Waals surface area contributed by atoms with Gasteiger partial charge in [-0.15, -0.1) is 0 Å². The summed E-state index contributed by atoms with van der Waals surface area (Å²) >= 11 is 0. The Balaban J connectivity index is 2.30. The smallest absolute Gasteiger partial charge is 0.123 e. The Morgan fingerprint density at radius 1 is 1.50 bits per heavy atom. The highest BCUT2D eigenvalue weighted by Crippen LogP contribution is 2.29. The topological polar surface area (TPSA) is 12.0 Å². The molecule has 2 heteroatoms. The van der Waals surface area contributed by atoms with Gasteiger partial charge in [-0.05, 0) is 49.1 Å². The fourth-order valence-electron chi connectivity index (χ4n) is 2.24. The van der Waals surface area contributed by atoms with Crippen LogP contribution in [-0.2, 0) is 6.42 Å². The Morgan fingerprint density at radius 2 is 2.36 bits per heavy atom. The monoisotopic (exact) mass is 193 g/mol. The maximum absolute atomic E-state index is 13.0. The molecule has 0 fully saturated rings. The summed E-state index contributed by atoms with van der Waals surface area (Å²) in [6.45, 7) is 3.08. The van der Waals surface area contributed by atoms with Crippen LogP contribution >= 0.6 is 0 Å². The zero-order valence-electron chi connectivity index (χ0n) is 8.52. The summed E-state index contributed by atoms with van der Waals surface area (Å²) in [4.78, 5) is 0. The maximum Gasteiger partial charge on any atom is 0.123 e. The van der Waals surface area contributed by atoms with Crippen LogP contribution in [0, 0.1) is 5.82 Å². The van der Waals surface area contributed by atoms with Crippen molar-refractivity contribution in [2.75, 3.05) is 6.54 Å². The van der Waals surface area contributed by atoms with Crippen molar-refractivity contribution in [2.45, 2.75) is 32.2 Å². The lowest BCUT2D eigenvalue weighted by atomic mass is 9.87. The van der Waals surface area contributed by atoms with E-state index in [1.165, 1.54) is 17.5 Å². The molecule has 0 aromatic heterocycles. The number of hydrogen-bond acceptors (Lipinski definition) is 1. The van der Waals surface area contributed by atoms with Crippen LogP contribution in [0.2, 0.25) is 0 Å². The molecule has 1 aliphatic rings. The van der Waals surface area contributed by atoms with Crippen LogP contribution < -0.4 is 5.32 Å². The molecular formula is C12H16FN. The van der Waals surface area contributed by atoms with E-state index >= 15 is 0 Å². The summed E-state index contributed by atoms with van der Waals surface area (Å²) < 4.78 is 13.0. The molecule has 0 bridgehead atoms. The van der Waals surface area contributed by atoms with Gasteiger partial charge in [0.1, 0.15) is 5.82 Å². The average molecular weight is 193 g/mol. The predicted molar refractivity (Wildman–Crippen MR) is 55.8 cm³/mol. The predicted octanol–water partition coefficient (Wildman–Crippen LogP) is 2.81. The number of rotatable bonds is 2. The standard InChI is InChI=1S/C12H16FN/c1-2-14-12-5-3-4-9-8-10(13)6-7-11(9)12/h6-8,12,14H,2-5H2,1H3/t12-/m1/s1. The number of nitrogens with one attached hydrogen (secondary N) is 1. The Bertz CT molecular complexity index is 322. The molecule has 0 saturated heterocycles. The van der Waals surface area contributed by atoms with Gasteiger partial charge in [-0.3, -0.25) is 0 Å². The summed E-state index contributed by atoms with van der Waals surface area (Å²) in [7, 11) is 0. The lowest BCUT2D eigenvalue weighted by molar-refractivity contribution is 0.469. The molecule has 2 rings (SSSR count). The van der Waals surface area contributed by atoms with Crippen LogP contribution in [0.4, 0.5) is 4.39 Å². The van der Waals surface area contributed by atoms with E-state index in [-0.39, 0.29) is 5.82 Å². The molecule has 76 valence electrons. The summed E-state index contributed by atoms with van der Waals surface area (Å²) in [5.74, 6) is -0.110. The zero-order valence-corrected chi connectivity index (χ0v) is 8.52. The molecule has 1 aliphatic carbocycles. The van der Waals surface area contributed by atoms with E-state index in [1.54, 1.807) is 12.1 Å². The molecule has 1 N–H and O–H groups in total. The molecule has 1 aromatic rings. The number of benzene rings is 1. The molecule has 0 saturated carbocycles. The van der Waals surface area contributed by atoms with Gasteiger partial charge < -0.3 is 5.32 Å². The molecule has 1 nitrogen and oxygen atoms in total. The molecule has 0 radical (unpaired) electrons. The lowest BCUT2D eigenvalue weighted by Crippen LogP contribution is -2.24. The van der Waals surface area contributed by atoms with Crippen LogP contribution in [0.3, 0.4) is 0 Å². The quantitative estimate of drug-likeness (QED) is 0.761.